The van der Waals surface area contributed by atoms with Gasteiger partial charge < -0.3 is 14.8 Å². The quantitative estimate of drug-likeness (QED) is 0.618. The van der Waals surface area contributed by atoms with Gasteiger partial charge in [0.15, 0.2) is 0 Å². The largest absolute Gasteiger partial charge is 0.496 e. The van der Waals surface area contributed by atoms with Crippen LogP contribution in [0.4, 0.5) is 5.95 Å². The number of para-hydroxylation sites is 3. The second-order valence-electron chi connectivity index (χ2n) is 6.93. The molecule has 0 amide bonds. The van der Waals surface area contributed by atoms with Gasteiger partial charge in [-0.25, -0.2) is 9.78 Å². The number of hydrogen-bond donors (Lipinski definition) is 1. The fourth-order valence-electron chi connectivity index (χ4n) is 3.97. The summed E-state index contributed by atoms with van der Waals surface area (Å²) in [5.74, 6) is 1.13. The molecule has 0 saturated carbocycles. The Morgan fingerprint density at radius 1 is 1.14 bits per heavy atom. The molecular weight excluding hydrogens is 366 g/mol. The molecule has 1 aliphatic heterocycles. The number of carbonyl (C=O) groups is 1. The van der Waals surface area contributed by atoms with E-state index in [1.54, 1.807) is 7.11 Å². The number of allylic oxidation sites excluding steroid dienone is 1. The van der Waals surface area contributed by atoms with E-state index >= 15 is 0 Å². The van der Waals surface area contributed by atoms with Gasteiger partial charge in [-0.15, -0.1) is 0 Å². The first-order chi connectivity index (χ1) is 14.2. The highest BCUT2D eigenvalue weighted by atomic mass is 16.5. The van der Waals surface area contributed by atoms with Gasteiger partial charge in [0.1, 0.15) is 5.75 Å². The number of nitrogens with one attached hydrogen (secondary N) is 1. The van der Waals surface area contributed by atoms with Crippen molar-refractivity contribution >= 4 is 23.0 Å². The second-order valence-corrected chi connectivity index (χ2v) is 6.93. The summed E-state index contributed by atoms with van der Waals surface area (Å²) in [4.78, 5) is 17.9. The van der Waals surface area contributed by atoms with Crippen molar-refractivity contribution in [2.24, 2.45) is 0 Å². The Bertz CT molecular complexity index is 1080. The number of esters is 1. The maximum atomic E-state index is 13.1. The number of fused-ring (bicyclic) bond motifs is 3. The molecule has 0 radical (unpaired) electrons. The Kier molecular flexibility index (Phi) is 5.25. The van der Waals surface area contributed by atoms with Crippen LogP contribution in [-0.2, 0) is 9.53 Å². The summed E-state index contributed by atoms with van der Waals surface area (Å²) in [7, 11) is 1.65. The molecular formula is C23H25N3O3. The van der Waals surface area contributed by atoms with E-state index in [-0.39, 0.29) is 5.97 Å². The SMILES string of the molecule is CCCC1=C(C(=O)OCC)C(c2ccccc2OC)n2c(nc3ccccc32)N1. The van der Waals surface area contributed by atoms with Crippen molar-refractivity contribution in [3.63, 3.8) is 0 Å². The lowest BCUT2D eigenvalue weighted by atomic mass is 9.92. The van der Waals surface area contributed by atoms with Crippen LogP contribution < -0.4 is 10.1 Å². The third-order valence-corrected chi connectivity index (χ3v) is 5.14. The molecule has 4 rings (SSSR count). The zero-order valence-electron chi connectivity index (χ0n) is 16.9. The summed E-state index contributed by atoms with van der Waals surface area (Å²) < 4.78 is 13.2. The molecule has 0 saturated heterocycles. The molecule has 2 aromatic carbocycles. The number of methoxy groups -OCH3 is 1. The van der Waals surface area contributed by atoms with Gasteiger partial charge in [0, 0.05) is 11.3 Å². The molecule has 1 atom stereocenters. The summed E-state index contributed by atoms with van der Waals surface area (Å²) in [6, 6.07) is 15.3. The van der Waals surface area contributed by atoms with Crippen LogP contribution in [0, 0.1) is 0 Å². The van der Waals surface area contributed by atoms with Crippen LogP contribution in [0.5, 0.6) is 5.75 Å². The molecule has 0 spiro atoms. The minimum atomic E-state index is -0.393. The van der Waals surface area contributed by atoms with E-state index in [0.717, 1.165) is 46.8 Å². The van der Waals surface area contributed by atoms with Crippen LogP contribution in [0.1, 0.15) is 38.3 Å². The topological polar surface area (TPSA) is 65.4 Å². The molecule has 0 fully saturated rings. The van der Waals surface area contributed by atoms with Crippen LogP contribution in [0.2, 0.25) is 0 Å². The first-order valence-corrected chi connectivity index (χ1v) is 9.96. The minimum absolute atomic E-state index is 0.317. The molecule has 3 aromatic rings. The van der Waals surface area contributed by atoms with Crippen LogP contribution in [-0.4, -0.2) is 29.2 Å². The van der Waals surface area contributed by atoms with Crippen LogP contribution >= 0.6 is 0 Å². The van der Waals surface area contributed by atoms with Gasteiger partial charge in [-0.3, -0.25) is 4.57 Å². The van der Waals surface area contributed by atoms with Gasteiger partial charge in [-0.05, 0) is 31.5 Å². The molecule has 6 heteroatoms. The summed E-state index contributed by atoms with van der Waals surface area (Å²) in [5.41, 5.74) is 4.18. The van der Waals surface area contributed by atoms with Gasteiger partial charge in [0.2, 0.25) is 5.95 Å². The maximum absolute atomic E-state index is 13.1. The molecule has 1 unspecified atom stereocenters. The third-order valence-electron chi connectivity index (χ3n) is 5.14. The lowest BCUT2D eigenvalue weighted by Gasteiger charge is -2.32. The van der Waals surface area contributed by atoms with Crippen molar-refractivity contribution in [1.29, 1.82) is 0 Å². The molecule has 29 heavy (non-hydrogen) atoms. The van der Waals surface area contributed by atoms with Crippen LogP contribution in [0.15, 0.2) is 59.8 Å². The van der Waals surface area contributed by atoms with Crippen LogP contribution in [0.3, 0.4) is 0 Å². The number of ether oxygens (including phenoxy) is 2. The van der Waals surface area contributed by atoms with E-state index in [9.17, 15) is 4.79 Å². The fraction of sp³-hybridized carbons (Fsp3) is 0.304. The first-order valence-electron chi connectivity index (χ1n) is 9.96. The highest BCUT2D eigenvalue weighted by molar-refractivity contribution is 5.94. The Morgan fingerprint density at radius 2 is 1.90 bits per heavy atom. The van der Waals surface area contributed by atoms with Gasteiger partial charge in [-0.2, -0.15) is 0 Å². The van der Waals surface area contributed by atoms with Gasteiger partial charge >= 0.3 is 5.97 Å². The van der Waals surface area contributed by atoms with Crippen molar-refractivity contribution in [2.45, 2.75) is 32.7 Å². The van der Waals surface area contributed by atoms with Crippen molar-refractivity contribution in [1.82, 2.24) is 9.55 Å². The molecule has 0 aliphatic carbocycles. The molecule has 1 N–H and O–H groups in total. The maximum Gasteiger partial charge on any atom is 0.338 e. The lowest BCUT2D eigenvalue weighted by Crippen LogP contribution is -2.30. The second kappa shape index (κ2) is 7.99. The van der Waals surface area contributed by atoms with Crippen molar-refractivity contribution in [3.05, 3.63) is 65.4 Å². The summed E-state index contributed by atoms with van der Waals surface area (Å²) in [6.07, 6.45) is 1.62. The predicted molar refractivity (Wildman–Crippen MR) is 113 cm³/mol. The smallest absolute Gasteiger partial charge is 0.338 e. The number of rotatable bonds is 6. The first kappa shape index (κ1) is 19.1. The number of benzene rings is 2. The number of hydrogen-bond acceptors (Lipinski definition) is 5. The Hall–Kier alpha value is -3.28. The molecule has 150 valence electrons. The number of carbonyl (C=O) groups excluding carboxylic acids is 1. The van der Waals surface area contributed by atoms with E-state index < -0.39 is 6.04 Å². The van der Waals surface area contributed by atoms with Gasteiger partial charge in [0.05, 0.1) is 36.4 Å². The standard InChI is InChI=1S/C23H25N3O3/c1-4-10-17-20(22(27)29-5-2)21(15-11-6-9-14-19(15)28-3)26-18-13-8-7-12-16(18)24-23(26)25-17/h6-9,11-14,21H,4-5,10H2,1-3H3,(H,24,25). The molecule has 1 aliphatic rings. The highest BCUT2D eigenvalue weighted by Gasteiger charge is 2.37. The van der Waals surface area contributed by atoms with Crippen LogP contribution in [0.25, 0.3) is 11.0 Å². The van der Waals surface area contributed by atoms with Gasteiger partial charge in [-0.1, -0.05) is 43.7 Å². The van der Waals surface area contributed by atoms with E-state index in [1.807, 2.05) is 55.5 Å². The molecule has 2 heterocycles. The number of anilines is 1. The number of nitrogens with zero attached hydrogens (tertiary/aromatic N) is 2. The minimum Gasteiger partial charge on any atom is -0.496 e. The molecule has 0 bridgehead atoms. The van der Waals surface area contributed by atoms with E-state index in [1.165, 1.54) is 0 Å². The fourth-order valence-corrected chi connectivity index (χ4v) is 3.97. The van der Waals surface area contributed by atoms with E-state index in [4.69, 9.17) is 14.5 Å². The normalized spacial score (nSPS) is 15.8. The number of imidazole rings is 1. The summed E-state index contributed by atoms with van der Waals surface area (Å²) in [5, 5.41) is 3.40. The van der Waals surface area contributed by atoms with Gasteiger partial charge in [0.25, 0.3) is 0 Å². The number of aromatic nitrogens is 2. The zero-order valence-corrected chi connectivity index (χ0v) is 16.9. The lowest BCUT2D eigenvalue weighted by molar-refractivity contribution is -0.139. The Labute approximate surface area is 170 Å². The predicted octanol–water partition coefficient (Wildman–Crippen LogP) is 4.68. The molecule has 6 nitrogen and oxygen atoms in total. The molecule has 1 aromatic heterocycles. The van der Waals surface area contributed by atoms with E-state index in [0.29, 0.717) is 12.2 Å². The van der Waals surface area contributed by atoms with Crippen molar-refractivity contribution in [2.75, 3.05) is 19.0 Å². The summed E-state index contributed by atoms with van der Waals surface area (Å²) in [6.45, 7) is 4.23. The van der Waals surface area contributed by atoms with E-state index in [2.05, 4.69) is 16.8 Å². The summed E-state index contributed by atoms with van der Waals surface area (Å²) >= 11 is 0. The average molecular weight is 391 g/mol. The Morgan fingerprint density at radius 3 is 2.66 bits per heavy atom. The average Bonchev–Trinajstić information content (AvgIpc) is 3.11. The third kappa shape index (κ3) is 3.24. The van der Waals surface area contributed by atoms with Crippen molar-refractivity contribution in [3.8, 4) is 5.75 Å². The monoisotopic (exact) mass is 391 g/mol. The Balaban J connectivity index is 2.03. The van der Waals surface area contributed by atoms with Crippen molar-refractivity contribution < 1.29 is 14.3 Å². The zero-order chi connectivity index (χ0) is 20.4. The highest BCUT2D eigenvalue weighted by Crippen LogP contribution is 2.43.